The molecular weight excluding hydrogens is 413 g/mol. The Kier molecular flexibility index (Phi) is 5.15. The van der Waals surface area contributed by atoms with Crippen LogP contribution in [0, 0.1) is 11.7 Å². The van der Waals surface area contributed by atoms with Gasteiger partial charge in [-0.15, -0.1) is 0 Å². The molecule has 1 fully saturated rings. The number of aromatic nitrogens is 2. The Hall–Kier alpha value is -3.26. The highest BCUT2D eigenvalue weighted by atomic mass is 32.2. The summed E-state index contributed by atoms with van der Waals surface area (Å²) in [5, 5.41) is 3.59. The Morgan fingerprint density at radius 3 is 2.45 bits per heavy atom. The van der Waals surface area contributed by atoms with Crippen LogP contribution >= 0.6 is 11.8 Å². The molecule has 0 spiro atoms. The minimum Gasteiger partial charge on any atom is -0.338 e. The third-order valence-corrected chi connectivity index (χ3v) is 6.73. The van der Waals surface area contributed by atoms with Gasteiger partial charge in [-0.2, -0.15) is 0 Å². The first kappa shape index (κ1) is 19.7. The second-order valence-electron chi connectivity index (χ2n) is 7.62. The molecule has 2 unspecified atom stereocenters. The van der Waals surface area contributed by atoms with Gasteiger partial charge in [-0.25, -0.2) is 19.4 Å². The zero-order valence-electron chi connectivity index (χ0n) is 16.6. The van der Waals surface area contributed by atoms with Gasteiger partial charge in [0.25, 0.3) is 5.91 Å². The molecule has 0 aliphatic carbocycles. The predicted molar refractivity (Wildman–Crippen MR) is 120 cm³/mol. The van der Waals surface area contributed by atoms with Crippen LogP contribution in [0.2, 0.25) is 0 Å². The number of rotatable bonds is 3. The van der Waals surface area contributed by atoms with Crippen molar-refractivity contribution in [1.29, 1.82) is 0 Å². The molecule has 156 valence electrons. The number of benzene rings is 2. The summed E-state index contributed by atoms with van der Waals surface area (Å²) in [5.74, 6) is 0.843. The number of hydrogen-bond acceptors (Lipinski definition) is 6. The van der Waals surface area contributed by atoms with E-state index in [9.17, 15) is 9.18 Å². The van der Waals surface area contributed by atoms with Gasteiger partial charge in [-0.1, -0.05) is 60.3 Å². The highest BCUT2D eigenvalue weighted by molar-refractivity contribution is 8.13. The van der Waals surface area contributed by atoms with Crippen LogP contribution in [-0.4, -0.2) is 39.9 Å². The van der Waals surface area contributed by atoms with Gasteiger partial charge in [0.15, 0.2) is 11.0 Å². The van der Waals surface area contributed by atoms with Crippen LogP contribution in [0.3, 0.4) is 0 Å². The van der Waals surface area contributed by atoms with Crippen LogP contribution < -0.4 is 10.2 Å². The number of aliphatic imine (C=N–C) groups is 1. The summed E-state index contributed by atoms with van der Waals surface area (Å²) in [7, 11) is 0. The van der Waals surface area contributed by atoms with Crippen LogP contribution in [0.5, 0.6) is 0 Å². The van der Waals surface area contributed by atoms with Gasteiger partial charge >= 0.3 is 0 Å². The first-order valence-corrected chi connectivity index (χ1v) is 11.0. The lowest BCUT2D eigenvalue weighted by molar-refractivity contribution is 0.0977. The molecule has 0 saturated carbocycles. The third kappa shape index (κ3) is 3.79. The normalized spacial score (nSPS) is 22.5. The molecule has 3 aromatic rings. The van der Waals surface area contributed by atoms with Gasteiger partial charge in [0.2, 0.25) is 5.95 Å². The van der Waals surface area contributed by atoms with Gasteiger partial charge in [-0.05, 0) is 17.7 Å². The summed E-state index contributed by atoms with van der Waals surface area (Å²) in [4.78, 5) is 28.1. The number of fused-ring (bicyclic) bond motifs is 1. The summed E-state index contributed by atoms with van der Waals surface area (Å²) in [6.45, 7) is 1.26. The van der Waals surface area contributed by atoms with Crippen molar-refractivity contribution < 1.29 is 9.18 Å². The molecule has 0 bridgehead atoms. The summed E-state index contributed by atoms with van der Waals surface area (Å²) >= 11 is 1.55. The second kappa shape index (κ2) is 8.11. The van der Waals surface area contributed by atoms with Crippen molar-refractivity contribution in [1.82, 2.24) is 15.3 Å². The Balaban J connectivity index is 1.49. The fourth-order valence-corrected chi connectivity index (χ4v) is 5.31. The van der Waals surface area contributed by atoms with Crippen molar-refractivity contribution in [2.75, 3.05) is 23.7 Å². The van der Waals surface area contributed by atoms with E-state index in [-0.39, 0.29) is 11.8 Å². The van der Waals surface area contributed by atoms with E-state index in [1.165, 1.54) is 12.4 Å². The number of carbonyl (C=O) groups is 1. The largest absolute Gasteiger partial charge is 0.338 e. The molecule has 2 atom stereocenters. The average molecular weight is 434 g/mol. The number of amidine groups is 1. The quantitative estimate of drug-likeness (QED) is 0.685. The SMILES string of the molecule is O=C(NC1=NC2(c3ccccc3)CN(c3ncc(F)cn3)CC2CS1)c1ccccc1. The lowest BCUT2D eigenvalue weighted by Crippen LogP contribution is -2.42. The Bertz CT molecular complexity index is 1110. The zero-order chi connectivity index (χ0) is 21.3. The Labute approximate surface area is 183 Å². The van der Waals surface area contributed by atoms with Crippen molar-refractivity contribution in [3.8, 4) is 0 Å². The first-order valence-electron chi connectivity index (χ1n) is 10.0. The van der Waals surface area contributed by atoms with Gasteiger partial charge in [0, 0.05) is 23.8 Å². The maximum absolute atomic E-state index is 13.3. The van der Waals surface area contributed by atoms with Crippen LogP contribution in [-0.2, 0) is 5.54 Å². The maximum Gasteiger partial charge on any atom is 0.257 e. The highest BCUT2D eigenvalue weighted by Crippen LogP contribution is 2.46. The molecular formula is C23H20FN5OS. The van der Waals surface area contributed by atoms with Crippen molar-refractivity contribution in [3.63, 3.8) is 0 Å². The van der Waals surface area contributed by atoms with Gasteiger partial charge < -0.3 is 10.2 Å². The number of carbonyl (C=O) groups excluding carboxylic acids is 1. The topological polar surface area (TPSA) is 70.5 Å². The monoisotopic (exact) mass is 433 g/mol. The molecule has 2 aromatic carbocycles. The lowest BCUT2D eigenvalue weighted by Gasteiger charge is -2.35. The molecule has 8 heteroatoms. The van der Waals surface area contributed by atoms with Gasteiger partial charge in [0.05, 0.1) is 18.9 Å². The fourth-order valence-electron chi connectivity index (χ4n) is 4.17. The smallest absolute Gasteiger partial charge is 0.257 e. The zero-order valence-corrected chi connectivity index (χ0v) is 17.4. The van der Waals surface area contributed by atoms with E-state index < -0.39 is 11.4 Å². The lowest BCUT2D eigenvalue weighted by atomic mass is 9.82. The highest BCUT2D eigenvalue weighted by Gasteiger charge is 2.51. The fraction of sp³-hybridized carbons (Fsp3) is 0.217. The van der Waals surface area contributed by atoms with E-state index in [4.69, 9.17) is 4.99 Å². The second-order valence-corrected chi connectivity index (χ2v) is 8.63. The van der Waals surface area contributed by atoms with E-state index in [0.717, 1.165) is 11.3 Å². The molecule has 0 radical (unpaired) electrons. The van der Waals surface area contributed by atoms with E-state index >= 15 is 0 Å². The van der Waals surface area contributed by atoms with Crippen molar-refractivity contribution in [3.05, 3.63) is 90.0 Å². The van der Waals surface area contributed by atoms with Crippen molar-refractivity contribution in [2.45, 2.75) is 5.54 Å². The van der Waals surface area contributed by atoms with Gasteiger partial charge in [-0.3, -0.25) is 4.79 Å². The molecule has 1 saturated heterocycles. The van der Waals surface area contributed by atoms with E-state index in [1.807, 2.05) is 41.3 Å². The number of anilines is 1. The molecule has 1 aromatic heterocycles. The molecule has 6 nitrogen and oxygen atoms in total. The number of hydrogen-bond donors (Lipinski definition) is 1. The minimum absolute atomic E-state index is 0.176. The standard InChI is InChI=1S/C23H20FN5OS/c24-19-11-25-21(26-12-19)29-13-18-14-31-22(27-20(30)16-7-3-1-4-8-16)28-23(18,15-29)17-9-5-2-6-10-17/h1-12,18H,13-15H2,(H,27,28,30). The van der Waals surface area contributed by atoms with Crippen LogP contribution in [0.25, 0.3) is 0 Å². The summed E-state index contributed by atoms with van der Waals surface area (Å²) < 4.78 is 13.3. The minimum atomic E-state index is -0.538. The third-order valence-electron chi connectivity index (χ3n) is 5.69. The molecule has 31 heavy (non-hydrogen) atoms. The van der Waals surface area contributed by atoms with Crippen LogP contribution in [0.1, 0.15) is 15.9 Å². The summed E-state index contributed by atoms with van der Waals surface area (Å²) in [6.07, 6.45) is 2.37. The Morgan fingerprint density at radius 1 is 1.06 bits per heavy atom. The van der Waals surface area contributed by atoms with Crippen LogP contribution in [0.4, 0.5) is 10.3 Å². The van der Waals surface area contributed by atoms with E-state index in [1.54, 1.807) is 23.9 Å². The predicted octanol–water partition coefficient (Wildman–Crippen LogP) is 3.48. The molecule has 1 N–H and O–H groups in total. The number of nitrogens with zero attached hydrogens (tertiary/aromatic N) is 4. The Morgan fingerprint density at radius 2 is 1.74 bits per heavy atom. The number of nitrogens with one attached hydrogen (secondary N) is 1. The number of halogens is 1. The molecule has 3 heterocycles. The van der Waals surface area contributed by atoms with Crippen LogP contribution in [0.15, 0.2) is 78.0 Å². The summed E-state index contributed by atoms with van der Waals surface area (Å²) in [6, 6.07) is 19.2. The maximum atomic E-state index is 13.3. The average Bonchev–Trinajstić information content (AvgIpc) is 3.21. The molecule has 2 aliphatic heterocycles. The molecule has 1 amide bonds. The van der Waals surface area contributed by atoms with E-state index in [0.29, 0.717) is 29.8 Å². The van der Waals surface area contributed by atoms with Gasteiger partial charge in [0.1, 0.15) is 5.54 Å². The molecule has 2 aliphatic rings. The molecule has 5 rings (SSSR count). The number of thioether (sulfide) groups is 1. The van der Waals surface area contributed by atoms with E-state index in [2.05, 4.69) is 27.4 Å². The first-order chi connectivity index (χ1) is 15.1. The van der Waals surface area contributed by atoms with Crippen molar-refractivity contribution >= 4 is 28.8 Å². The number of amides is 1. The summed E-state index contributed by atoms with van der Waals surface area (Å²) in [5.41, 5.74) is 1.13. The van der Waals surface area contributed by atoms with Crippen molar-refractivity contribution in [2.24, 2.45) is 10.9 Å².